The molecule has 1 atom stereocenters. The van der Waals surface area contributed by atoms with Crippen LogP contribution in [0.15, 0.2) is 29.3 Å². The van der Waals surface area contributed by atoms with Gasteiger partial charge in [0, 0.05) is 39.8 Å². The van der Waals surface area contributed by atoms with E-state index in [1.165, 1.54) is 37.1 Å². The number of hydrogen-bond acceptors (Lipinski definition) is 4. The molecule has 8 heteroatoms. The minimum atomic E-state index is -3.05. The fourth-order valence-electron chi connectivity index (χ4n) is 4.29. The second-order valence-electron chi connectivity index (χ2n) is 9.20. The zero-order chi connectivity index (χ0) is 21.1. The summed E-state index contributed by atoms with van der Waals surface area (Å²) in [5, 5.41) is 3.40. The molecule has 2 aliphatic rings. The predicted molar refractivity (Wildman–Crippen MR) is 135 cm³/mol. The van der Waals surface area contributed by atoms with Crippen LogP contribution in [0.3, 0.4) is 0 Å². The van der Waals surface area contributed by atoms with Crippen molar-refractivity contribution >= 4 is 39.8 Å². The fourth-order valence-corrected chi connectivity index (χ4v) is 5.65. The molecule has 0 saturated carbocycles. The van der Waals surface area contributed by atoms with Crippen molar-refractivity contribution in [3.8, 4) is 0 Å². The van der Waals surface area contributed by atoms with Gasteiger partial charge >= 0.3 is 0 Å². The van der Waals surface area contributed by atoms with E-state index in [2.05, 4.69) is 46.4 Å². The number of halogens is 1. The maximum Gasteiger partial charge on any atom is 0.193 e. The summed E-state index contributed by atoms with van der Waals surface area (Å²) >= 11 is 0. The van der Waals surface area contributed by atoms with Gasteiger partial charge in [-0.15, -0.1) is 24.0 Å². The normalized spacial score (nSPS) is 24.2. The van der Waals surface area contributed by atoms with Gasteiger partial charge in [0.2, 0.25) is 0 Å². The number of sulfone groups is 1. The molecule has 1 aromatic rings. The van der Waals surface area contributed by atoms with Crippen molar-refractivity contribution in [1.82, 2.24) is 15.1 Å². The Bertz CT molecular complexity index is 824. The second-order valence-corrected chi connectivity index (χ2v) is 11.9. The molecule has 30 heavy (non-hydrogen) atoms. The molecule has 0 spiro atoms. The molecule has 2 aliphatic heterocycles. The minimum Gasteiger partial charge on any atom is -0.352 e. The number of piperidine rings is 1. The number of likely N-dealkylation sites (tertiary alicyclic amines) is 1. The molecule has 0 aromatic heterocycles. The van der Waals surface area contributed by atoms with Crippen LogP contribution in [0.2, 0.25) is 0 Å². The van der Waals surface area contributed by atoms with E-state index < -0.39 is 14.6 Å². The van der Waals surface area contributed by atoms with E-state index in [9.17, 15) is 8.42 Å². The second kappa shape index (κ2) is 10.6. The Morgan fingerprint density at radius 1 is 1.20 bits per heavy atom. The maximum absolute atomic E-state index is 12.2. The summed E-state index contributed by atoms with van der Waals surface area (Å²) in [7, 11) is -1.30. The van der Waals surface area contributed by atoms with Gasteiger partial charge in [-0.2, -0.15) is 0 Å². The van der Waals surface area contributed by atoms with Gasteiger partial charge in [-0.05, 0) is 50.3 Å². The minimum absolute atomic E-state index is 0. The number of benzene rings is 1. The number of nitrogens with zero attached hydrogens (tertiary/aromatic N) is 3. The van der Waals surface area contributed by atoms with Gasteiger partial charge in [0.05, 0.1) is 10.5 Å². The van der Waals surface area contributed by atoms with E-state index >= 15 is 0 Å². The summed E-state index contributed by atoms with van der Waals surface area (Å²) in [6.45, 7) is 11.0. The SMILES string of the molecule is CN=C(NCc1ccc(CN2CCCC(C)C2)cc1)N1CCS(=O)(=O)C(C)(C)C1.I. The molecule has 170 valence electrons. The topological polar surface area (TPSA) is 65.0 Å². The van der Waals surface area contributed by atoms with Crippen molar-refractivity contribution in [2.75, 3.05) is 39.0 Å². The number of nitrogens with one attached hydrogen (secondary N) is 1. The third-order valence-electron chi connectivity index (χ3n) is 6.18. The van der Waals surface area contributed by atoms with Crippen molar-refractivity contribution in [3.05, 3.63) is 35.4 Å². The van der Waals surface area contributed by atoms with Crippen molar-refractivity contribution in [1.29, 1.82) is 0 Å². The van der Waals surface area contributed by atoms with Crippen LogP contribution in [-0.4, -0.2) is 67.9 Å². The van der Waals surface area contributed by atoms with Crippen molar-refractivity contribution < 1.29 is 8.42 Å². The molecule has 1 aromatic carbocycles. The van der Waals surface area contributed by atoms with Crippen LogP contribution in [0.5, 0.6) is 0 Å². The molecule has 0 radical (unpaired) electrons. The van der Waals surface area contributed by atoms with E-state index in [1.807, 2.05) is 4.90 Å². The molecule has 6 nitrogen and oxygen atoms in total. The van der Waals surface area contributed by atoms with Crippen LogP contribution in [0.25, 0.3) is 0 Å². The standard InChI is InChI=1S/C22H36N4O2S.HI/c1-18-6-5-11-25(15-18)16-20-9-7-19(8-10-20)14-24-21(23-4)26-12-13-29(27,28)22(2,3)17-26;/h7-10,18H,5-6,11-17H2,1-4H3,(H,23,24);1H. The van der Waals surface area contributed by atoms with E-state index in [0.29, 0.717) is 19.6 Å². The Morgan fingerprint density at radius 2 is 1.87 bits per heavy atom. The molecule has 3 rings (SSSR count). The Hall–Kier alpha value is -0.870. The summed E-state index contributed by atoms with van der Waals surface area (Å²) in [4.78, 5) is 8.97. The summed E-state index contributed by atoms with van der Waals surface area (Å²) in [5.74, 6) is 1.73. The van der Waals surface area contributed by atoms with Crippen molar-refractivity contribution in [2.45, 2.75) is 51.4 Å². The smallest absolute Gasteiger partial charge is 0.193 e. The molecular weight excluding hydrogens is 511 g/mol. The highest BCUT2D eigenvalue weighted by Crippen LogP contribution is 2.24. The molecule has 0 bridgehead atoms. The molecule has 1 N–H and O–H groups in total. The van der Waals surface area contributed by atoms with Crippen LogP contribution in [0, 0.1) is 5.92 Å². The highest BCUT2D eigenvalue weighted by Gasteiger charge is 2.40. The van der Waals surface area contributed by atoms with Crippen LogP contribution in [0.1, 0.15) is 44.7 Å². The van der Waals surface area contributed by atoms with Crippen LogP contribution >= 0.6 is 24.0 Å². The summed E-state index contributed by atoms with van der Waals surface area (Å²) in [6.07, 6.45) is 2.65. The van der Waals surface area contributed by atoms with Gasteiger partial charge in [0.1, 0.15) is 0 Å². The first-order valence-corrected chi connectivity index (χ1v) is 12.3. The van der Waals surface area contributed by atoms with E-state index in [0.717, 1.165) is 18.4 Å². The van der Waals surface area contributed by atoms with Gasteiger partial charge in [0.25, 0.3) is 0 Å². The lowest BCUT2D eigenvalue weighted by molar-refractivity contribution is 0.176. The van der Waals surface area contributed by atoms with Crippen LogP contribution in [0.4, 0.5) is 0 Å². The van der Waals surface area contributed by atoms with Gasteiger partial charge in [-0.25, -0.2) is 8.42 Å². The third-order valence-corrected chi connectivity index (χ3v) is 8.71. The Kier molecular flexibility index (Phi) is 9.00. The first-order valence-electron chi connectivity index (χ1n) is 10.7. The summed E-state index contributed by atoms with van der Waals surface area (Å²) in [6, 6.07) is 8.78. The molecular formula is C22H37IN4O2S. The molecule has 0 amide bonds. The number of aliphatic imine (C=N–C) groups is 1. The van der Waals surface area contributed by atoms with E-state index in [1.54, 1.807) is 20.9 Å². The predicted octanol–water partition coefficient (Wildman–Crippen LogP) is 3.12. The first kappa shape index (κ1) is 25.4. The maximum atomic E-state index is 12.2. The van der Waals surface area contributed by atoms with E-state index in [4.69, 9.17) is 0 Å². The summed E-state index contributed by atoms with van der Waals surface area (Å²) < 4.78 is 23.7. The van der Waals surface area contributed by atoms with Gasteiger partial charge in [0.15, 0.2) is 15.8 Å². The average Bonchev–Trinajstić information content (AvgIpc) is 2.66. The van der Waals surface area contributed by atoms with Crippen LogP contribution < -0.4 is 5.32 Å². The molecule has 1 unspecified atom stereocenters. The monoisotopic (exact) mass is 548 g/mol. The lowest BCUT2D eigenvalue weighted by atomic mass is 9.99. The molecule has 2 fully saturated rings. The molecule has 0 aliphatic carbocycles. The number of rotatable bonds is 4. The Labute approximate surface area is 199 Å². The molecule has 2 heterocycles. The lowest BCUT2D eigenvalue weighted by Gasteiger charge is -2.39. The van der Waals surface area contributed by atoms with Gasteiger partial charge in [-0.3, -0.25) is 9.89 Å². The summed E-state index contributed by atoms with van der Waals surface area (Å²) in [5.41, 5.74) is 2.56. The highest BCUT2D eigenvalue weighted by atomic mass is 127. The Morgan fingerprint density at radius 3 is 2.47 bits per heavy atom. The average molecular weight is 549 g/mol. The van der Waals surface area contributed by atoms with Gasteiger partial charge < -0.3 is 10.2 Å². The Balaban J connectivity index is 0.00000320. The molecule has 2 saturated heterocycles. The van der Waals surface area contributed by atoms with Crippen molar-refractivity contribution in [3.63, 3.8) is 0 Å². The first-order chi connectivity index (χ1) is 13.7. The number of guanidine groups is 1. The van der Waals surface area contributed by atoms with Crippen LogP contribution in [-0.2, 0) is 22.9 Å². The zero-order valence-corrected chi connectivity index (χ0v) is 21.9. The highest BCUT2D eigenvalue weighted by molar-refractivity contribution is 14.0. The fraction of sp³-hybridized carbons (Fsp3) is 0.682. The zero-order valence-electron chi connectivity index (χ0n) is 18.7. The lowest BCUT2D eigenvalue weighted by Crippen LogP contribution is -2.57. The third kappa shape index (κ3) is 6.32. The van der Waals surface area contributed by atoms with E-state index in [-0.39, 0.29) is 29.7 Å². The van der Waals surface area contributed by atoms with Gasteiger partial charge in [-0.1, -0.05) is 31.2 Å². The largest absolute Gasteiger partial charge is 0.352 e. The number of hydrogen-bond donors (Lipinski definition) is 1. The van der Waals surface area contributed by atoms with Crippen molar-refractivity contribution in [2.24, 2.45) is 10.9 Å². The quantitative estimate of drug-likeness (QED) is 0.356.